The first-order chi connectivity index (χ1) is 9.54. The third-order valence-electron chi connectivity index (χ3n) is 3.97. The second kappa shape index (κ2) is 6.78. The highest BCUT2D eigenvalue weighted by Crippen LogP contribution is 2.20. The van der Waals surface area contributed by atoms with Crippen LogP contribution in [-0.2, 0) is 6.42 Å². The van der Waals surface area contributed by atoms with Crippen LogP contribution in [0.2, 0.25) is 0 Å². The molecule has 1 N–H and O–H groups in total. The molecule has 0 saturated carbocycles. The van der Waals surface area contributed by atoms with Crippen molar-refractivity contribution in [2.45, 2.75) is 33.6 Å². The van der Waals surface area contributed by atoms with Gasteiger partial charge in [-0.05, 0) is 37.2 Å². The molecule has 0 aromatic heterocycles. The maximum absolute atomic E-state index is 12.1. The predicted octanol–water partition coefficient (Wildman–Crippen LogP) is 3.23. The lowest BCUT2D eigenvalue weighted by atomic mass is 9.92. The van der Waals surface area contributed by atoms with Crippen molar-refractivity contribution in [3.8, 4) is 0 Å². The smallest absolute Gasteiger partial charge is 0.317 e. The van der Waals surface area contributed by atoms with Crippen molar-refractivity contribution in [2.75, 3.05) is 19.6 Å². The van der Waals surface area contributed by atoms with Crippen LogP contribution >= 0.6 is 0 Å². The zero-order valence-corrected chi connectivity index (χ0v) is 12.9. The first-order valence-corrected chi connectivity index (χ1v) is 7.63. The molecule has 0 radical (unpaired) electrons. The third kappa shape index (κ3) is 4.26. The van der Waals surface area contributed by atoms with E-state index in [1.807, 2.05) is 4.90 Å². The first-order valence-electron chi connectivity index (χ1n) is 7.63. The Morgan fingerprint density at radius 1 is 1.20 bits per heavy atom. The van der Waals surface area contributed by atoms with Gasteiger partial charge in [-0.2, -0.15) is 0 Å². The van der Waals surface area contributed by atoms with Crippen molar-refractivity contribution in [3.05, 3.63) is 35.4 Å². The van der Waals surface area contributed by atoms with Gasteiger partial charge in [-0.1, -0.05) is 43.7 Å². The molecule has 110 valence electrons. The van der Waals surface area contributed by atoms with Gasteiger partial charge in [0.05, 0.1) is 0 Å². The molecule has 2 atom stereocenters. The van der Waals surface area contributed by atoms with Crippen molar-refractivity contribution in [2.24, 2.45) is 11.8 Å². The minimum absolute atomic E-state index is 0.0931. The molecule has 1 saturated heterocycles. The third-order valence-corrected chi connectivity index (χ3v) is 3.97. The largest absolute Gasteiger partial charge is 0.338 e. The zero-order chi connectivity index (χ0) is 14.5. The van der Waals surface area contributed by atoms with Gasteiger partial charge in [0, 0.05) is 19.6 Å². The van der Waals surface area contributed by atoms with Crippen LogP contribution in [0.4, 0.5) is 4.79 Å². The number of urea groups is 1. The summed E-state index contributed by atoms with van der Waals surface area (Å²) in [6, 6.07) is 8.59. The number of hydrogen-bond acceptors (Lipinski definition) is 1. The molecule has 1 aliphatic heterocycles. The van der Waals surface area contributed by atoms with Gasteiger partial charge in [-0.25, -0.2) is 4.79 Å². The van der Waals surface area contributed by atoms with E-state index in [1.165, 1.54) is 17.5 Å². The van der Waals surface area contributed by atoms with Crippen LogP contribution in [0.3, 0.4) is 0 Å². The average molecular weight is 274 g/mol. The quantitative estimate of drug-likeness (QED) is 0.901. The maximum atomic E-state index is 12.1. The summed E-state index contributed by atoms with van der Waals surface area (Å²) in [5.41, 5.74) is 2.55. The summed E-state index contributed by atoms with van der Waals surface area (Å²) >= 11 is 0. The van der Waals surface area contributed by atoms with Gasteiger partial charge in [-0.15, -0.1) is 0 Å². The van der Waals surface area contributed by atoms with E-state index in [0.717, 1.165) is 19.5 Å². The second-order valence-electron chi connectivity index (χ2n) is 6.32. The zero-order valence-electron chi connectivity index (χ0n) is 12.9. The summed E-state index contributed by atoms with van der Waals surface area (Å²) in [5, 5.41) is 3.04. The summed E-state index contributed by atoms with van der Waals surface area (Å²) < 4.78 is 0. The molecule has 1 aromatic carbocycles. The Balaban J connectivity index is 1.76. The van der Waals surface area contributed by atoms with Gasteiger partial charge in [-0.3, -0.25) is 0 Å². The van der Waals surface area contributed by atoms with Crippen molar-refractivity contribution >= 4 is 6.03 Å². The molecular weight excluding hydrogens is 248 g/mol. The Morgan fingerprint density at radius 2 is 1.80 bits per heavy atom. The second-order valence-corrected chi connectivity index (χ2v) is 6.32. The number of nitrogens with one attached hydrogen (secondary N) is 1. The summed E-state index contributed by atoms with van der Waals surface area (Å²) in [4.78, 5) is 14.1. The highest BCUT2D eigenvalue weighted by atomic mass is 16.2. The van der Waals surface area contributed by atoms with Gasteiger partial charge in [0.2, 0.25) is 0 Å². The van der Waals surface area contributed by atoms with Crippen molar-refractivity contribution in [1.29, 1.82) is 0 Å². The van der Waals surface area contributed by atoms with Crippen molar-refractivity contribution in [3.63, 3.8) is 0 Å². The Bertz CT molecular complexity index is 431. The van der Waals surface area contributed by atoms with E-state index in [4.69, 9.17) is 0 Å². The highest BCUT2D eigenvalue weighted by Gasteiger charge is 2.24. The number of piperidine rings is 1. The van der Waals surface area contributed by atoms with E-state index in [0.29, 0.717) is 18.4 Å². The van der Waals surface area contributed by atoms with E-state index < -0.39 is 0 Å². The fourth-order valence-electron chi connectivity index (χ4n) is 3.01. The van der Waals surface area contributed by atoms with Crippen molar-refractivity contribution < 1.29 is 4.79 Å². The van der Waals surface area contributed by atoms with Crippen molar-refractivity contribution in [1.82, 2.24) is 10.2 Å². The molecule has 1 fully saturated rings. The van der Waals surface area contributed by atoms with Gasteiger partial charge in [0.15, 0.2) is 0 Å². The lowest BCUT2D eigenvalue weighted by Crippen LogP contribution is -2.47. The summed E-state index contributed by atoms with van der Waals surface area (Å²) in [6.07, 6.45) is 2.12. The lowest BCUT2D eigenvalue weighted by molar-refractivity contribution is 0.146. The minimum atomic E-state index is 0.0931. The normalized spacial score (nSPS) is 22.6. The standard InChI is InChI=1S/C17H26N2O/c1-13-4-6-16(7-5-13)8-9-18-17(20)19-11-14(2)10-15(3)12-19/h4-7,14-15H,8-12H2,1-3H3,(H,18,20). The van der Waals surface area contributed by atoms with Crippen LogP contribution in [0.15, 0.2) is 24.3 Å². The van der Waals surface area contributed by atoms with Crippen LogP contribution in [-0.4, -0.2) is 30.6 Å². The fraction of sp³-hybridized carbons (Fsp3) is 0.588. The van der Waals surface area contributed by atoms with Crippen LogP contribution in [0, 0.1) is 18.8 Å². The Kier molecular flexibility index (Phi) is 5.05. The number of likely N-dealkylation sites (tertiary alicyclic amines) is 1. The summed E-state index contributed by atoms with van der Waals surface area (Å²) in [6.45, 7) is 9.03. The SMILES string of the molecule is Cc1ccc(CCNC(=O)N2CC(C)CC(C)C2)cc1. The first kappa shape index (κ1) is 14.9. The lowest BCUT2D eigenvalue weighted by Gasteiger charge is -2.34. The van der Waals surface area contributed by atoms with Gasteiger partial charge < -0.3 is 10.2 Å². The molecule has 2 rings (SSSR count). The van der Waals surface area contributed by atoms with Gasteiger partial charge in [0.1, 0.15) is 0 Å². The number of nitrogens with zero attached hydrogens (tertiary/aromatic N) is 1. The summed E-state index contributed by atoms with van der Waals surface area (Å²) in [7, 11) is 0. The number of carbonyl (C=O) groups excluding carboxylic acids is 1. The molecule has 20 heavy (non-hydrogen) atoms. The van der Waals surface area contributed by atoms with Crippen LogP contribution in [0.5, 0.6) is 0 Å². The van der Waals surface area contributed by atoms with Crippen LogP contribution in [0.1, 0.15) is 31.4 Å². The Morgan fingerprint density at radius 3 is 2.40 bits per heavy atom. The number of hydrogen-bond donors (Lipinski definition) is 1. The van der Waals surface area contributed by atoms with E-state index >= 15 is 0 Å². The maximum Gasteiger partial charge on any atom is 0.317 e. The van der Waals surface area contributed by atoms with E-state index in [2.05, 4.69) is 50.4 Å². The monoisotopic (exact) mass is 274 g/mol. The number of rotatable bonds is 3. The van der Waals surface area contributed by atoms with E-state index in [1.54, 1.807) is 0 Å². The molecule has 0 bridgehead atoms. The molecule has 3 nitrogen and oxygen atoms in total. The molecule has 1 aromatic rings. The molecule has 1 aliphatic rings. The van der Waals surface area contributed by atoms with E-state index in [9.17, 15) is 4.79 Å². The predicted molar refractivity (Wildman–Crippen MR) is 82.8 cm³/mol. The molecular formula is C17H26N2O. The van der Waals surface area contributed by atoms with Crippen LogP contribution < -0.4 is 5.32 Å². The van der Waals surface area contributed by atoms with Gasteiger partial charge in [0.25, 0.3) is 0 Å². The number of carbonyl (C=O) groups is 1. The molecule has 3 heteroatoms. The molecule has 2 amide bonds. The van der Waals surface area contributed by atoms with E-state index in [-0.39, 0.29) is 6.03 Å². The molecule has 0 aliphatic carbocycles. The van der Waals surface area contributed by atoms with Crippen LogP contribution in [0.25, 0.3) is 0 Å². The topological polar surface area (TPSA) is 32.3 Å². The minimum Gasteiger partial charge on any atom is -0.338 e. The van der Waals surface area contributed by atoms with Gasteiger partial charge >= 0.3 is 6.03 Å². The molecule has 1 heterocycles. The molecule has 0 spiro atoms. The number of amides is 2. The summed E-state index contributed by atoms with van der Waals surface area (Å²) in [5.74, 6) is 1.23. The number of benzene rings is 1. The Labute approximate surface area is 122 Å². The fourth-order valence-corrected chi connectivity index (χ4v) is 3.01. The average Bonchev–Trinajstić information content (AvgIpc) is 2.40. The Hall–Kier alpha value is -1.51. The highest BCUT2D eigenvalue weighted by molar-refractivity contribution is 5.74. The molecule has 2 unspecified atom stereocenters. The number of aryl methyl sites for hydroxylation is 1.